The Balaban J connectivity index is 3.01. The molecule has 0 unspecified atom stereocenters. The number of unbranched alkanes of at least 4 members (excludes halogenated alkanes) is 14. The molecule has 0 bridgehead atoms. The minimum atomic E-state index is 0.957. The molecule has 0 heterocycles. The van der Waals surface area contributed by atoms with Crippen LogP contribution < -0.4 is 0 Å². The number of nitrogens with zero attached hydrogens (tertiary/aromatic N) is 1. The van der Waals surface area contributed by atoms with Crippen LogP contribution in [0.4, 0.5) is 0 Å². The Morgan fingerprint density at radius 2 is 0.840 bits per heavy atom. The number of ether oxygens (including phenoxy) is 1. The Labute approximate surface area is 160 Å². The average Bonchev–Trinajstić information content (AvgIpc) is 2.56. The zero-order valence-electron chi connectivity index (χ0n) is 18.3. The molecule has 0 amide bonds. The van der Waals surface area contributed by atoms with Gasteiger partial charge in [0.2, 0.25) is 0 Å². The molecular weight excluding hydrogens is 306 g/mol. The molecule has 0 saturated heterocycles. The normalized spacial score (nSPS) is 12.0. The Morgan fingerprint density at radius 1 is 0.480 bits per heavy atom. The minimum absolute atomic E-state index is 0.957. The summed E-state index contributed by atoms with van der Waals surface area (Å²) in [5.41, 5.74) is 0. The summed E-state index contributed by atoms with van der Waals surface area (Å²) in [6.07, 6.45) is 22.4. The average molecular weight is 357 g/mol. The van der Waals surface area contributed by atoms with E-state index in [2.05, 4.69) is 28.1 Å². The zero-order chi connectivity index (χ0) is 18.6. The van der Waals surface area contributed by atoms with E-state index in [-0.39, 0.29) is 0 Å². The van der Waals surface area contributed by atoms with Crippen molar-refractivity contribution in [1.82, 2.24) is 0 Å². The number of hydrogen-bond acceptors (Lipinski definition) is 1. The molecule has 152 valence electrons. The summed E-state index contributed by atoms with van der Waals surface area (Å²) < 4.78 is 6.82. The molecule has 0 N–H and O–H groups in total. The van der Waals surface area contributed by atoms with Crippen LogP contribution >= 0.6 is 0 Å². The van der Waals surface area contributed by atoms with E-state index in [1.165, 1.54) is 109 Å². The van der Waals surface area contributed by atoms with Crippen molar-refractivity contribution in [3.63, 3.8) is 0 Å². The van der Waals surface area contributed by atoms with Gasteiger partial charge in [-0.3, -0.25) is 0 Å². The monoisotopic (exact) mass is 356 g/mol. The summed E-state index contributed by atoms with van der Waals surface area (Å²) in [4.78, 5) is 0. The largest absolute Gasteiger partial charge is 0.381 e. The van der Waals surface area contributed by atoms with Gasteiger partial charge >= 0.3 is 0 Å². The maximum atomic E-state index is 5.75. The predicted octanol–water partition coefficient (Wildman–Crippen LogP) is 6.97. The maximum absolute atomic E-state index is 5.75. The van der Waals surface area contributed by atoms with Crippen molar-refractivity contribution in [1.29, 1.82) is 0 Å². The van der Waals surface area contributed by atoms with Crippen molar-refractivity contribution in [2.75, 3.05) is 40.9 Å². The van der Waals surface area contributed by atoms with E-state index in [0.717, 1.165) is 17.7 Å². The topological polar surface area (TPSA) is 9.23 Å². The third-order valence-electron chi connectivity index (χ3n) is 5.01. The van der Waals surface area contributed by atoms with Gasteiger partial charge in [-0.05, 0) is 19.3 Å². The second-order valence-electron chi connectivity index (χ2n) is 8.93. The highest BCUT2D eigenvalue weighted by atomic mass is 16.5. The first kappa shape index (κ1) is 24.9. The lowest BCUT2D eigenvalue weighted by Gasteiger charge is -2.23. The third kappa shape index (κ3) is 23.9. The van der Waals surface area contributed by atoms with Gasteiger partial charge in [-0.15, -0.1) is 0 Å². The second-order valence-corrected chi connectivity index (χ2v) is 8.93. The molecule has 0 radical (unpaired) electrons. The van der Waals surface area contributed by atoms with Crippen LogP contribution in [0.5, 0.6) is 0 Å². The number of quaternary nitrogens is 1. The van der Waals surface area contributed by atoms with E-state index in [1.54, 1.807) is 0 Å². The molecule has 0 saturated carbocycles. The van der Waals surface area contributed by atoms with Crippen molar-refractivity contribution >= 4 is 0 Å². The number of rotatable bonds is 20. The second kappa shape index (κ2) is 18.7. The van der Waals surface area contributed by atoms with E-state index in [9.17, 15) is 0 Å². The summed E-state index contributed by atoms with van der Waals surface area (Å²) >= 11 is 0. The molecule has 0 aliphatic rings. The fourth-order valence-corrected chi connectivity index (χ4v) is 3.29. The SMILES string of the molecule is CCCCCCCCCCCCCCCCOCCCC[N+](C)(C)C. The van der Waals surface area contributed by atoms with Gasteiger partial charge in [0.15, 0.2) is 0 Å². The van der Waals surface area contributed by atoms with E-state index in [4.69, 9.17) is 4.74 Å². The van der Waals surface area contributed by atoms with Crippen molar-refractivity contribution < 1.29 is 9.22 Å². The van der Waals surface area contributed by atoms with Gasteiger partial charge in [0.05, 0.1) is 27.7 Å². The molecule has 0 rings (SSSR count). The lowest BCUT2D eigenvalue weighted by atomic mass is 10.0. The molecule has 0 aliphatic heterocycles. The lowest BCUT2D eigenvalue weighted by molar-refractivity contribution is -0.870. The highest BCUT2D eigenvalue weighted by Gasteiger charge is 2.05. The van der Waals surface area contributed by atoms with Crippen molar-refractivity contribution in [3.8, 4) is 0 Å². The van der Waals surface area contributed by atoms with Gasteiger partial charge in [-0.1, -0.05) is 90.4 Å². The first-order valence-electron chi connectivity index (χ1n) is 11.4. The molecule has 25 heavy (non-hydrogen) atoms. The Bertz CT molecular complexity index is 247. The van der Waals surface area contributed by atoms with Crippen molar-refractivity contribution in [2.45, 2.75) is 110 Å². The molecule has 2 nitrogen and oxygen atoms in total. The van der Waals surface area contributed by atoms with Crippen LogP contribution in [0, 0.1) is 0 Å². The molecule has 0 aliphatic carbocycles. The Morgan fingerprint density at radius 3 is 1.24 bits per heavy atom. The van der Waals surface area contributed by atoms with Crippen LogP contribution in [0.25, 0.3) is 0 Å². The van der Waals surface area contributed by atoms with Crippen LogP contribution in [0.3, 0.4) is 0 Å². The standard InChI is InChI=1S/C23H50NO/c1-5-6-7-8-9-10-11-12-13-14-15-16-17-19-22-25-23-20-18-21-24(2,3)4/h5-23H2,1-4H3/q+1. The quantitative estimate of drug-likeness (QED) is 0.169. The molecule has 0 fully saturated rings. The molecular formula is C23H50NO+. The van der Waals surface area contributed by atoms with Gasteiger partial charge in [-0.25, -0.2) is 0 Å². The van der Waals surface area contributed by atoms with Crippen LogP contribution in [-0.4, -0.2) is 45.4 Å². The summed E-state index contributed by atoms with van der Waals surface area (Å²) in [6.45, 7) is 5.48. The lowest BCUT2D eigenvalue weighted by Crippen LogP contribution is -2.35. The Hall–Kier alpha value is -0.0800. The summed E-state index contributed by atoms with van der Waals surface area (Å²) in [7, 11) is 6.78. The van der Waals surface area contributed by atoms with Crippen LogP contribution in [0.1, 0.15) is 110 Å². The fourth-order valence-electron chi connectivity index (χ4n) is 3.29. The maximum Gasteiger partial charge on any atom is 0.0781 e. The van der Waals surface area contributed by atoms with Gasteiger partial charge < -0.3 is 9.22 Å². The van der Waals surface area contributed by atoms with Crippen molar-refractivity contribution in [3.05, 3.63) is 0 Å². The molecule has 0 aromatic rings. The Kier molecular flexibility index (Phi) is 18.6. The highest BCUT2D eigenvalue weighted by molar-refractivity contribution is 4.49. The first-order valence-corrected chi connectivity index (χ1v) is 11.4. The van der Waals surface area contributed by atoms with Crippen LogP contribution in [0.15, 0.2) is 0 Å². The number of hydrogen-bond donors (Lipinski definition) is 0. The molecule has 0 spiro atoms. The van der Waals surface area contributed by atoms with E-state index in [0.29, 0.717) is 0 Å². The first-order chi connectivity index (χ1) is 12.1. The zero-order valence-corrected chi connectivity index (χ0v) is 18.3. The van der Waals surface area contributed by atoms with Crippen LogP contribution in [0.2, 0.25) is 0 Å². The van der Waals surface area contributed by atoms with Crippen LogP contribution in [-0.2, 0) is 4.74 Å². The van der Waals surface area contributed by atoms with E-state index >= 15 is 0 Å². The smallest absolute Gasteiger partial charge is 0.0781 e. The van der Waals surface area contributed by atoms with Gasteiger partial charge in [0, 0.05) is 13.2 Å². The molecule has 2 heteroatoms. The third-order valence-corrected chi connectivity index (χ3v) is 5.01. The summed E-state index contributed by atoms with van der Waals surface area (Å²) in [5.74, 6) is 0. The summed E-state index contributed by atoms with van der Waals surface area (Å²) in [5, 5.41) is 0. The fraction of sp³-hybridized carbons (Fsp3) is 1.00. The molecule has 0 aromatic heterocycles. The van der Waals surface area contributed by atoms with Gasteiger partial charge in [-0.2, -0.15) is 0 Å². The van der Waals surface area contributed by atoms with Crippen molar-refractivity contribution in [2.24, 2.45) is 0 Å². The molecule has 0 atom stereocenters. The van der Waals surface area contributed by atoms with Gasteiger partial charge in [0.25, 0.3) is 0 Å². The molecule has 0 aromatic carbocycles. The van der Waals surface area contributed by atoms with E-state index in [1.807, 2.05) is 0 Å². The summed E-state index contributed by atoms with van der Waals surface area (Å²) in [6, 6.07) is 0. The van der Waals surface area contributed by atoms with E-state index < -0.39 is 0 Å². The minimum Gasteiger partial charge on any atom is -0.381 e. The van der Waals surface area contributed by atoms with Gasteiger partial charge in [0.1, 0.15) is 0 Å². The highest BCUT2D eigenvalue weighted by Crippen LogP contribution is 2.13. The predicted molar refractivity (Wildman–Crippen MR) is 113 cm³/mol.